The highest BCUT2D eigenvalue weighted by atomic mass is 16.1. The van der Waals surface area contributed by atoms with Crippen molar-refractivity contribution < 1.29 is 4.79 Å². The van der Waals surface area contributed by atoms with Gasteiger partial charge in [0.25, 0.3) is 0 Å². The number of ketones is 1. The third-order valence-corrected chi connectivity index (χ3v) is 4.83. The van der Waals surface area contributed by atoms with Crippen molar-refractivity contribution in [3.8, 4) is 0 Å². The first kappa shape index (κ1) is 13.4. The molecular weight excluding hydrogens is 244 g/mol. The number of fused-ring (bicyclic) bond motifs is 1. The fraction of sp³-hybridized carbons (Fsp3) is 0.421. The quantitative estimate of drug-likeness (QED) is 0.694. The summed E-state index contributed by atoms with van der Waals surface area (Å²) in [6.07, 6.45) is 5.91. The van der Waals surface area contributed by atoms with E-state index in [1.54, 1.807) is 0 Å². The topological polar surface area (TPSA) is 17.1 Å². The number of Topliss-reactive ketones (excluding diaryl/α,β-unsaturated/α-hetero) is 1. The molecule has 1 aliphatic carbocycles. The highest BCUT2D eigenvalue weighted by Gasteiger charge is 2.30. The van der Waals surface area contributed by atoms with Gasteiger partial charge in [0.15, 0.2) is 5.78 Å². The third-order valence-electron chi connectivity index (χ3n) is 4.83. The Morgan fingerprint density at radius 2 is 1.80 bits per heavy atom. The van der Waals surface area contributed by atoms with Gasteiger partial charge in [-0.05, 0) is 29.5 Å². The minimum absolute atomic E-state index is 0.236. The summed E-state index contributed by atoms with van der Waals surface area (Å²) in [5.41, 5.74) is 0.924. The highest BCUT2D eigenvalue weighted by molar-refractivity contribution is 6.09. The normalized spacial score (nSPS) is 22.9. The predicted molar refractivity (Wildman–Crippen MR) is 84.0 cm³/mol. The Bertz CT molecular complexity index is 609. The number of benzene rings is 2. The van der Waals surface area contributed by atoms with Crippen molar-refractivity contribution in [1.29, 1.82) is 0 Å². The van der Waals surface area contributed by atoms with Gasteiger partial charge in [0.1, 0.15) is 0 Å². The summed E-state index contributed by atoms with van der Waals surface area (Å²) in [5.74, 6) is 1.18. The molecule has 1 nitrogen and oxygen atoms in total. The summed E-state index contributed by atoms with van der Waals surface area (Å²) in [7, 11) is 0. The van der Waals surface area contributed by atoms with Gasteiger partial charge in [-0.1, -0.05) is 68.7 Å². The molecule has 2 unspecified atom stereocenters. The first-order chi connectivity index (χ1) is 9.81. The summed E-state index contributed by atoms with van der Waals surface area (Å²) in [6, 6.07) is 14.3. The van der Waals surface area contributed by atoms with Crippen molar-refractivity contribution in [3.63, 3.8) is 0 Å². The number of rotatable bonds is 3. The van der Waals surface area contributed by atoms with Gasteiger partial charge < -0.3 is 0 Å². The molecule has 0 heterocycles. The van der Waals surface area contributed by atoms with Gasteiger partial charge in [-0.25, -0.2) is 0 Å². The van der Waals surface area contributed by atoms with Crippen LogP contribution in [0.1, 0.15) is 49.4 Å². The van der Waals surface area contributed by atoms with Crippen molar-refractivity contribution in [3.05, 3.63) is 48.0 Å². The Morgan fingerprint density at radius 1 is 1.05 bits per heavy atom. The molecule has 1 fully saturated rings. The Hall–Kier alpha value is -1.63. The summed E-state index contributed by atoms with van der Waals surface area (Å²) in [4.78, 5) is 13.0. The molecule has 0 aromatic heterocycles. The van der Waals surface area contributed by atoms with Crippen molar-refractivity contribution in [2.45, 2.75) is 39.0 Å². The SMILES string of the molecule is CCC1CCCCC1C(=O)c1cccc2ccccc12. The van der Waals surface area contributed by atoms with Crippen LogP contribution in [0.5, 0.6) is 0 Å². The van der Waals surface area contributed by atoms with Crippen molar-refractivity contribution in [1.82, 2.24) is 0 Å². The predicted octanol–water partition coefficient (Wildman–Crippen LogP) is 5.24. The molecule has 1 saturated carbocycles. The van der Waals surface area contributed by atoms with Gasteiger partial charge in [-0.3, -0.25) is 4.79 Å². The minimum Gasteiger partial charge on any atom is -0.294 e. The van der Waals surface area contributed by atoms with E-state index in [2.05, 4.69) is 25.1 Å². The Balaban J connectivity index is 1.99. The van der Waals surface area contributed by atoms with E-state index < -0.39 is 0 Å². The largest absolute Gasteiger partial charge is 0.294 e. The minimum atomic E-state index is 0.236. The van der Waals surface area contributed by atoms with Crippen molar-refractivity contribution >= 4 is 16.6 Å². The molecule has 0 amide bonds. The zero-order valence-electron chi connectivity index (χ0n) is 12.1. The number of hydrogen-bond donors (Lipinski definition) is 0. The zero-order chi connectivity index (χ0) is 13.9. The molecular formula is C19H22O. The Kier molecular flexibility index (Phi) is 3.86. The van der Waals surface area contributed by atoms with Gasteiger partial charge >= 0.3 is 0 Å². The van der Waals surface area contributed by atoms with Gasteiger partial charge in [0.2, 0.25) is 0 Å². The average Bonchev–Trinajstić information content (AvgIpc) is 2.53. The second kappa shape index (κ2) is 5.78. The zero-order valence-corrected chi connectivity index (χ0v) is 12.1. The van der Waals surface area contributed by atoms with Crippen LogP contribution in [0.15, 0.2) is 42.5 Å². The molecule has 1 heteroatoms. The van der Waals surface area contributed by atoms with Gasteiger partial charge in [-0.15, -0.1) is 0 Å². The highest BCUT2D eigenvalue weighted by Crippen LogP contribution is 2.35. The fourth-order valence-corrected chi connectivity index (χ4v) is 3.68. The lowest BCUT2D eigenvalue weighted by atomic mass is 9.74. The maximum atomic E-state index is 13.0. The summed E-state index contributed by atoms with van der Waals surface area (Å²) in [6.45, 7) is 2.22. The molecule has 0 bridgehead atoms. The first-order valence-corrected chi connectivity index (χ1v) is 7.83. The summed E-state index contributed by atoms with van der Waals surface area (Å²) >= 11 is 0. The van der Waals surface area contributed by atoms with Crippen LogP contribution >= 0.6 is 0 Å². The van der Waals surface area contributed by atoms with E-state index >= 15 is 0 Å². The molecule has 2 aromatic carbocycles. The lowest BCUT2D eigenvalue weighted by Gasteiger charge is -2.30. The smallest absolute Gasteiger partial charge is 0.166 e. The van der Waals surface area contributed by atoms with E-state index in [0.29, 0.717) is 11.7 Å². The Labute approximate surface area is 121 Å². The first-order valence-electron chi connectivity index (χ1n) is 7.83. The lowest BCUT2D eigenvalue weighted by Crippen LogP contribution is -2.27. The van der Waals surface area contributed by atoms with Crippen LogP contribution in [0, 0.1) is 11.8 Å². The molecule has 0 spiro atoms. The van der Waals surface area contributed by atoms with E-state index in [9.17, 15) is 4.79 Å². The van der Waals surface area contributed by atoms with Crippen LogP contribution in [0.3, 0.4) is 0 Å². The van der Waals surface area contributed by atoms with Crippen LogP contribution in [0.2, 0.25) is 0 Å². The van der Waals surface area contributed by atoms with Gasteiger partial charge in [-0.2, -0.15) is 0 Å². The van der Waals surface area contributed by atoms with E-state index in [-0.39, 0.29) is 5.92 Å². The molecule has 0 radical (unpaired) electrons. The molecule has 2 aromatic rings. The molecule has 2 atom stereocenters. The standard InChI is InChI=1S/C19H22O/c1-2-14-8-3-6-12-17(14)19(20)18-13-7-10-15-9-4-5-11-16(15)18/h4-5,7,9-11,13-14,17H,2-3,6,8,12H2,1H3. The molecule has 3 rings (SSSR count). The van der Waals surface area contributed by atoms with Crippen LogP contribution in [0.25, 0.3) is 10.8 Å². The molecule has 1 aliphatic rings. The molecule has 104 valence electrons. The van der Waals surface area contributed by atoms with E-state index in [4.69, 9.17) is 0 Å². The number of carbonyl (C=O) groups excluding carboxylic acids is 1. The molecule has 0 saturated heterocycles. The van der Waals surface area contributed by atoms with Gasteiger partial charge in [0.05, 0.1) is 0 Å². The summed E-state index contributed by atoms with van der Waals surface area (Å²) < 4.78 is 0. The van der Waals surface area contributed by atoms with Crippen LogP contribution in [-0.4, -0.2) is 5.78 Å². The maximum Gasteiger partial charge on any atom is 0.166 e. The molecule has 20 heavy (non-hydrogen) atoms. The maximum absolute atomic E-state index is 13.0. The lowest BCUT2D eigenvalue weighted by molar-refractivity contribution is 0.0822. The molecule has 0 aliphatic heterocycles. The van der Waals surface area contributed by atoms with Crippen LogP contribution < -0.4 is 0 Å². The van der Waals surface area contributed by atoms with Crippen molar-refractivity contribution in [2.75, 3.05) is 0 Å². The number of carbonyl (C=O) groups is 1. The average molecular weight is 266 g/mol. The van der Waals surface area contributed by atoms with Crippen LogP contribution in [-0.2, 0) is 0 Å². The summed E-state index contributed by atoms with van der Waals surface area (Å²) in [5, 5.41) is 2.28. The Morgan fingerprint density at radius 3 is 2.65 bits per heavy atom. The second-order valence-corrected chi connectivity index (χ2v) is 5.95. The monoisotopic (exact) mass is 266 g/mol. The number of hydrogen-bond acceptors (Lipinski definition) is 1. The second-order valence-electron chi connectivity index (χ2n) is 5.95. The third kappa shape index (κ3) is 2.37. The van der Waals surface area contributed by atoms with E-state index in [1.165, 1.54) is 24.6 Å². The van der Waals surface area contributed by atoms with Crippen molar-refractivity contribution in [2.24, 2.45) is 11.8 Å². The van der Waals surface area contributed by atoms with Gasteiger partial charge in [0, 0.05) is 11.5 Å². The van der Waals surface area contributed by atoms with E-state index in [0.717, 1.165) is 23.8 Å². The van der Waals surface area contributed by atoms with E-state index in [1.807, 2.05) is 24.3 Å². The fourth-order valence-electron chi connectivity index (χ4n) is 3.68. The molecule has 0 N–H and O–H groups in total. The van der Waals surface area contributed by atoms with Crippen LogP contribution in [0.4, 0.5) is 0 Å².